The summed E-state index contributed by atoms with van der Waals surface area (Å²) < 4.78 is 34.9. The van der Waals surface area contributed by atoms with Crippen molar-refractivity contribution in [3.63, 3.8) is 0 Å². The number of nitrogens with one attached hydrogen (secondary N) is 1. The van der Waals surface area contributed by atoms with Crippen molar-refractivity contribution in [3.8, 4) is 6.07 Å². The monoisotopic (exact) mass is 208 g/mol. The summed E-state index contributed by atoms with van der Waals surface area (Å²) in [6.45, 7) is 0.00374. The molecule has 0 heterocycles. The molecule has 1 amide bonds. The van der Waals surface area contributed by atoms with Crippen LogP contribution in [0.2, 0.25) is 0 Å². The molecule has 0 aromatic heterocycles. The van der Waals surface area contributed by atoms with Crippen LogP contribution in [0.15, 0.2) is 0 Å². The first kappa shape index (κ1) is 12.8. The molecule has 0 fully saturated rings. The number of alkyl halides is 3. The third-order valence-corrected chi connectivity index (χ3v) is 1.51. The van der Waals surface area contributed by atoms with Crippen LogP contribution in [0.5, 0.6) is 0 Å². The average Bonchev–Trinajstić information content (AvgIpc) is 2.09. The Balaban J connectivity index is 3.38. The molecule has 0 aromatic rings. The fraction of sp³-hybridized carbons (Fsp3) is 0.750. The number of rotatable bonds is 5. The quantitative estimate of drug-likeness (QED) is 0.700. The highest BCUT2D eigenvalue weighted by Gasteiger charge is 2.37. The lowest BCUT2D eigenvalue weighted by Gasteiger charge is -2.06. The van der Waals surface area contributed by atoms with E-state index in [0.717, 1.165) is 0 Å². The normalized spacial score (nSPS) is 10.7. The van der Waals surface area contributed by atoms with E-state index in [9.17, 15) is 18.0 Å². The number of amides is 1. The van der Waals surface area contributed by atoms with Crippen LogP contribution in [0.3, 0.4) is 0 Å². The minimum atomic E-state index is -4.80. The van der Waals surface area contributed by atoms with Gasteiger partial charge in [-0.1, -0.05) is 6.42 Å². The van der Waals surface area contributed by atoms with Crippen LogP contribution < -0.4 is 5.32 Å². The zero-order valence-corrected chi connectivity index (χ0v) is 7.52. The van der Waals surface area contributed by atoms with Gasteiger partial charge in [0.2, 0.25) is 0 Å². The van der Waals surface area contributed by atoms with Crippen molar-refractivity contribution >= 4 is 5.91 Å². The molecule has 0 unspecified atom stereocenters. The summed E-state index contributed by atoms with van der Waals surface area (Å²) in [6, 6.07) is 1.92. The van der Waals surface area contributed by atoms with E-state index in [4.69, 9.17) is 5.26 Å². The van der Waals surface area contributed by atoms with Crippen LogP contribution in [-0.4, -0.2) is 18.6 Å². The maximum Gasteiger partial charge on any atom is 0.471 e. The number of carbonyl (C=O) groups is 1. The summed E-state index contributed by atoms with van der Waals surface area (Å²) in [4.78, 5) is 10.3. The Morgan fingerprint density at radius 2 is 1.93 bits per heavy atom. The summed E-state index contributed by atoms with van der Waals surface area (Å²) in [5.74, 6) is -1.90. The predicted octanol–water partition coefficient (Wildman–Crippen LogP) is 1.75. The topological polar surface area (TPSA) is 52.9 Å². The lowest BCUT2D eigenvalue weighted by Crippen LogP contribution is -2.37. The molecule has 3 nitrogen and oxygen atoms in total. The van der Waals surface area contributed by atoms with Crippen molar-refractivity contribution in [1.29, 1.82) is 5.26 Å². The first-order chi connectivity index (χ1) is 6.48. The van der Waals surface area contributed by atoms with Gasteiger partial charge in [0.25, 0.3) is 0 Å². The second-order valence-corrected chi connectivity index (χ2v) is 2.72. The van der Waals surface area contributed by atoms with E-state index in [0.29, 0.717) is 25.7 Å². The van der Waals surface area contributed by atoms with Gasteiger partial charge in [0, 0.05) is 13.0 Å². The van der Waals surface area contributed by atoms with Gasteiger partial charge < -0.3 is 5.32 Å². The smallest absolute Gasteiger partial charge is 0.348 e. The van der Waals surface area contributed by atoms with Crippen LogP contribution in [0, 0.1) is 11.3 Å². The Labute approximate surface area is 79.9 Å². The zero-order chi connectivity index (χ0) is 11.0. The fourth-order valence-electron chi connectivity index (χ4n) is 0.808. The average molecular weight is 208 g/mol. The first-order valence-electron chi connectivity index (χ1n) is 4.20. The number of hydrogen-bond donors (Lipinski definition) is 1. The summed E-state index contributed by atoms with van der Waals surface area (Å²) in [6.07, 6.45) is -2.65. The molecule has 0 saturated carbocycles. The molecular formula is C8H11F3N2O. The van der Waals surface area contributed by atoms with Crippen molar-refractivity contribution in [2.24, 2.45) is 0 Å². The molecule has 0 spiro atoms. The van der Waals surface area contributed by atoms with Gasteiger partial charge in [-0.05, 0) is 12.8 Å². The van der Waals surface area contributed by atoms with Crippen LogP contribution in [0.25, 0.3) is 0 Å². The molecule has 0 atom stereocenters. The SMILES string of the molecule is N#CCCCCCNC(=O)C(F)(F)F. The van der Waals surface area contributed by atoms with Gasteiger partial charge in [-0.15, -0.1) is 0 Å². The Hall–Kier alpha value is -1.25. The standard InChI is InChI=1S/C8H11F3N2O/c9-8(10,11)7(14)13-6-4-2-1-3-5-12/h1-4,6H2,(H,13,14). The molecule has 14 heavy (non-hydrogen) atoms. The number of halogens is 3. The molecule has 0 aliphatic carbocycles. The third-order valence-electron chi connectivity index (χ3n) is 1.51. The molecule has 0 saturated heterocycles. The highest BCUT2D eigenvalue weighted by Crippen LogP contribution is 2.13. The molecule has 0 rings (SSSR count). The molecule has 0 aliphatic heterocycles. The van der Waals surface area contributed by atoms with Gasteiger partial charge in [-0.3, -0.25) is 4.79 Å². The van der Waals surface area contributed by atoms with E-state index in [1.165, 1.54) is 0 Å². The highest BCUT2D eigenvalue weighted by molar-refractivity contribution is 5.81. The van der Waals surface area contributed by atoms with Gasteiger partial charge in [0.05, 0.1) is 6.07 Å². The van der Waals surface area contributed by atoms with E-state index >= 15 is 0 Å². The summed E-state index contributed by atoms with van der Waals surface area (Å²) in [5.41, 5.74) is 0. The Morgan fingerprint density at radius 1 is 1.29 bits per heavy atom. The first-order valence-corrected chi connectivity index (χ1v) is 4.20. The second kappa shape index (κ2) is 6.24. The maximum atomic E-state index is 11.6. The van der Waals surface area contributed by atoms with Crippen LogP contribution in [0.4, 0.5) is 13.2 Å². The van der Waals surface area contributed by atoms with Crippen LogP contribution in [0.1, 0.15) is 25.7 Å². The van der Waals surface area contributed by atoms with Gasteiger partial charge in [0.15, 0.2) is 0 Å². The molecule has 1 N–H and O–H groups in total. The van der Waals surface area contributed by atoms with Crippen molar-refractivity contribution in [1.82, 2.24) is 5.32 Å². The van der Waals surface area contributed by atoms with E-state index in [1.807, 2.05) is 6.07 Å². The van der Waals surface area contributed by atoms with E-state index in [1.54, 1.807) is 5.32 Å². The Kier molecular flexibility index (Phi) is 5.68. The lowest BCUT2D eigenvalue weighted by atomic mass is 10.2. The zero-order valence-electron chi connectivity index (χ0n) is 7.52. The van der Waals surface area contributed by atoms with Crippen molar-refractivity contribution in [2.75, 3.05) is 6.54 Å². The third kappa shape index (κ3) is 6.29. The van der Waals surface area contributed by atoms with Crippen LogP contribution >= 0.6 is 0 Å². The van der Waals surface area contributed by atoms with Gasteiger partial charge in [-0.25, -0.2) is 0 Å². The summed E-state index contributed by atoms with van der Waals surface area (Å²) in [7, 11) is 0. The predicted molar refractivity (Wildman–Crippen MR) is 43.1 cm³/mol. The highest BCUT2D eigenvalue weighted by atomic mass is 19.4. The maximum absolute atomic E-state index is 11.6. The molecular weight excluding hydrogens is 197 g/mol. The summed E-state index contributed by atoms with van der Waals surface area (Å²) >= 11 is 0. The van der Waals surface area contributed by atoms with Crippen molar-refractivity contribution in [2.45, 2.75) is 31.9 Å². The largest absolute Gasteiger partial charge is 0.471 e. The molecule has 0 bridgehead atoms. The number of nitrogens with zero attached hydrogens (tertiary/aromatic N) is 1. The molecule has 0 radical (unpaired) electrons. The van der Waals surface area contributed by atoms with E-state index < -0.39 is 12.1 Å². The molecule has 0 aromatic carbocycles. The number of unbranched alkanes of at least 4 members (excludes halogenated alkanes) is 3. The number of hydrogen-bond acceptors (Lipinski definition) is 2. The Bertz CT molecular complexity index is 220. The molecule has 0 aliphatic rings. The lowest BCUT2D eigenvalue weighted by molar-refractivity contribution is -0.173. The fourth-order valence-corrected chi connectivity index (χ4v) is 0.808. The van der Waals surface area contributed by atoms with Gasteiger partial charge in [-0.2, -0.15) is 18.4 Å². The Morgan fingerprint density at radius 3 is 2.43 bits per heavy atom. The van der Waals surface area contributed by atoms with E-state index in [-0.39, 0.29) is 6.54 Å². The van der Waals surface area contributed by atoms with Gasteiger partial charge in [0.1, 0.15) is 0 Å². The van der Waals surface area contributed by atoms with Crippen molar-refractivity contribution < 1.29 is 18.0 Å². The van der Waals surface area contributed by atoms with E-state index in [2.05, 4.69) is 0 Å². The van der Waals surface area contributed by atoms with Crippen molar-refractivity contribution in [3.05, 3.63) is 0 Å². The minimum absolute atomic E-state index is 0.00374. The number of nitriles is 1. The molecule has 80 valence electrons. The molecule has 6 heteroatoms. The van der Waals surface area contributed by atoms with Gasteiger partial charge >= 0.3 is 12.1 Å². The number of carbonyl (C=O) groups excluding carboxylic acids is 1. The van der Waals surface area contributed by atoms with Crippen LogP contribution in [-0.2, 0) is 4.79 Å². The summed E-state index contributed by atoms with van der Waals surface area (Å²) in [5, 5.41) is 9.90. The second-order valence-electron chi connectivity index (χ2n) is 2.72. The minimum Gasteiger partial charge on any atom is -0.348 e.